The van der Waals surface area contributed by atoms with Crippen molar-refractivity contribution in [2.24, 2.45) is 0 Å². The van der Waals surface area contributed by atoms with Crippen molar-refractivity contribution in [2.45, 2.75) is 25.9 Å². The molecule has 3 heteroatoms. The Morgan fingerprint density at radius 3 is 2.73 bits per heavy atom. The molecule has 0 saturated heterocycles. The predicted molar refractivity (Wildman–Crippen MR) is 45.7 cm³/mol. The molecule has 3 nitrogen and oxygen atoms in total. The van der Waals surface area contributed by atoms with Crippen LogP contribution in [-0.2, 0) is 4.74 Å². The smallest absolute Gasteiger partial charge is 0.0636 e. The molecule has 0 fully saturated rings. The Balaban J connectivity index is 2.80. The molecular formula is C8H19NO2. The third kappa shape index (κ3) is 9.88. The van der Waals surface area contributed by atoms with Crippen LogP contribution in [0.3, 0.4) is 0 Å². The zero-order valence-corrected chi connectivity index (χ0v) is 7.47. The standard InChI is InChI=1S/C8H19NO2/c1-8(10)7-9-5-3-4-6-11-2/h8-10H,3-7H2,1-2H3. The summed E-state index contributed by atoms with van der Waals surface area (Å²) in [6.07, 6.45) is 1.96. The molecule has 0 spiro atoms. The van der Waals surface area contributed by atoms with Crippen LogP contribution < -0.4 is 5.32 Å². The van der Waals surface area contributed by atoms with Gasteiger partial charge in [-0.05, 0) is 26.3 Å². The van der Waals surface area contributed by atoms with Crippen LogP contribution >= 0.6 is 0 Å². The fourth-order valence-electron chi connectivity index (χ4n) is 0.807. The molecule has 0 aliphatic rings. The summed E-state index contributed by atoms with van der Waals surface area (Å²) in [7, 11) is 1.71. The fourth-order valence-corrected chi connectivity index (χ4v) is 0.807. The van der Waals surface area contributed by atoms with Crippen molar-refractivity contribution in [3.8, 4) is 0 Å². The molecule has 0 aromatic heterocycles. The largest absolute Gasteiger partial charge is 0.392 e. The molecule has 0 rings (SSSR count). The molecule has 0 aliphatic carbocycles. The van der Waals surface area contributed by atoms with Gasteiger partial charge in [0.2, 0.25) is 0 Å². The summed E-state index contributed by atoms with van der Waals surface area (Å²) in [6, 6.07) is 0. The number of aliphatic hydroxyl groups is 1. The Hall–Kier alpha value is -0.120. The molecule has 0 amide bonds. The number of aliphatic hydroxyl groups excluding tert-OH is 1. The van der Waals surface area contributed by atoms with Crippen molar-refractivity contribution in [3.05, 3.63) is 0 Å². The molecular weight excluding hydrogens is 142 g/mol. The van der Waals surface area contributed by atoms with E-state index in [1.807, 2.05) is 0 Å². The van der Waals surface area contributed by atoms with Gasteiger partial charge in [-0.25, -0.2) is 0 Å². The van der Waals surface area contributed by atoms with Crippen LogP contribution in [0.15, 0.2) is 0 Å². The molecule has 0 aliphatic heterocycles. The summed E-state index contributed by atoms with van der Waals surface area (Å²) >= 11 is 0. The van der Waals surface area contributed by atoms with Gasteiger partial charge in [-0.1, -0.05) is 0 Å². The summed E-state index contributed by atoms with van der Waals surface area (Å²) in [6.45, 7) is 4.26. The third-order valence-corrected chi connectivity index (χ3v) is 1.39. The molecule has 68 valence electrons. The van der Waals surface area contributed by atoms with Crippen molar-refractivity contribution in [3.63, 3.8) is 0 Å². The Morgan fingerprint density at radius 1 is 1.45 bits per heavy atom. The molecule has 2 N–H and O–H groups in total. The number of nitrogens with one attached hydrogen (secondary N) is 1. The van der Waals surface area contributed by atoms with E-state index in [-0.39, 0.29) is 6.10 Å². The van der Waals surface area contributed by atoms with Gasteiger partial charge in [-0.2, -0.15) is 0 Å². The normalized spacial score (nSPS) is 13.4. The molecule has 0 saturated carbocycles. The summed E-state index contributed by atoms with van der Waals surface area (Å²) in [5.74, 6) is 0. The number of hydrogen-bond donors (Lipinski definition) is 2. The van der Waals surface area contributed by atoms with Crippen LogP contribution in [0.25, 0.3) is 0 Å². The summed E-state index contributed by atoms with van der Waals surface area (Å²) in [4.78, 5) is 0. The Morgan fingerprint density at radius 2 is 2.18 bits per heavy atom. The highest BCUT2D eigenvalue weighted by Crippen LogP contribution is 1.86. The van der Waals surface area contributed by atoms with Gasteiger partial charge < -0.3 is 15.2 Å². The first-order valence-corrected chi connectivity index (χ1v) is 4.15. The molecule has 0 aromatic carbocycles. The number of unbranched alkanes of at least 4 members (excludes halogenated alkanes) is 1. The van der Waals surface area contributed by atoms with Crippen LogP contribution in [0.5, 0.6) is 0 Å². The first kappa shape index (κ1) is 10.9. The van der Waals surface area contributed by atoms with Gasteiger partial charge >= 0.3 is 0 Å². The molecule has 0 bridgehead atoms. The lowest BCUT2D eigenvalue weighted by molar-refractivity contribution is 0.184. The maximum Gasteiger partial charge on any atom is 0.0636 e. The zero-order chi connectivity index (χ0) is 8.53. The topological polar surface area (TPSA) is 41.5 Å². The van der Waals surface area contributed by atoms with Crippen LogP contribution in [-0.4, -0.2) is 38.0 Å². The molecule has 11 heavy (non-hydrogen) atoms. The van der Waals surface area contributed by atoms with E-state index in [0.717, 1.165) is 26.0 Å². The second-order valence-corrected chi connectivity index (χ2v) is 2.75. The molecule has 0 heterocycles. The van der Waals surface area contributed by atoms with Crippen LogP contribution in [0.2, 0.25) is 0 Å². The van der Waals surface area contributed by atoms with Crippen LogP contribution in [0.4, 0.5) is 0 Å². The molecule has 1 unspecified atom stereocenters. The van der Waals surface area contributed by atoms with E-state index in [2.05, 4.69) is 5.32 Å². The summed E-state index contributed by atoms with van der Waals surface area (Å²) in [5.41, 5.74) is 0. The van der Waals surface area contributed by atoms with Gasteiger partial charge in [0, 0.05) is 20.3 Å². The maximum atomic E-state index is 8.87. The van der Waals surface area contributed by atoms with Gasteiger partial charge in [0.05, 0.1) is 6.10 Å². The van der Waals surface area contributed by atoms with E-state index in [0.29, 0.717) is 6.54 Å². The summed E-state index contributed by atoms with van der Waals surface area (Å²) in [5, 5.41) is 12.0. The van der Waals surface area contributed by atoms with Gasteiger partial charge in [0.1, 0.15) is 0 Å². The number of ether oxygens (including phenoxy) is 1. The van der Waals surface area contributed by atoms with Gasteiger partial charge in [0.15, 0.2) is 0 Å². The first-order valence-electron chi connectivity index (χ1n) is 4.15. The second-order valence-electron chi connectivity index (χ2n) is 2.75. The van der Waals surface area contributed by atoms with E-state index in [1.54, 1.807) is 14.0 Å². The van der Waals surface area contributed by atoms with E-state index in [4.69, 9.17) is 9.84 Å². The quantitative estimate of drug-likeness (QED) is 0.530. The highest BCUT2D eigenvalue weighted by atomic mass is 16.5. The monoisotopic (exact) mass is 161 g/mol. The number of hydrogen-bond acceptors (Lipinski definition) is 3. The van der Waals surface area contributed by atoms with Crippen LogP contribution in [0, 0.1) is 0 Å². The number of rotatable bonds is 7. The van der Waals surface area contributed by atoms with Crippen molar-refractivity contribution < 1.29 is 9.84 Å². The lowest BCUT2D eigenvalue weighted by atomic mass is 10.3. The Kier molecular flexibility index (Phi) is 7.89. The van der Waals surface area contributed by atoms with Crippen molar-refractivity contribution in [1.29, 1.82) is 0 Å². The lowest BCUT2D eigenvalue weighted by Crippen LogP contribution is -2.25. The minimum Gasteiger partial charge on any atom is -0.392 e. The third-order valence-electron chi connectivity index (χ3n) is 1.39. The molecule has 0 aromatic rings. The van der Waals surface area contributed by atoms with E-state index < -0.39 is 0 Å². The lowest BCUT2D eigenvalue weighted by Gasteiger charge is -2.05. The number of methoxy groups -OCH3 is 1. The summed E-state index contributed by atoms with van der Waals surface area (Å²) < 4.78 is 4.89. The van der Waals surface area contributed by atoms with E-state index in [1.165, 1.54) is 0 Å². The Bertz CT molecular complexity index is 76.5. The Labute approximate surface area is 68.8 Å². The highest BCUT2D eigenvalue weighted by molar-refractivity contribution is 4.52. The fraction of sp³-hybridized carbons (Fsp3) is 1.00. The maximum absolute atomic E-state index is 8.87. The van der Waals surface area contributed by atoms with Gasteiger partial charge in [0.25, 0.3) is 0 Å². The minimum atomic E-state index is -0.238. The predicted octanol–water partition coefficient (Wildman–Crippen LogP) is 0.383. The second kappa shape index (κ2) is 7.98. The van der Waals surface area contributed by atoms with Gasteiger partial charge in [-0.15, -0.1) is 0 Å². The molecule has 1 atom stereocenters. The van der Waals surface area contributed by atoms with E-state index in [9.17, 15) is 0 Å². The van der Waals surface area contributed by atoms with Crippen molar-refractivity contribution in [1.82, 2.24) is 5.32 Å². The van der Waals surface area contributed by atoms with Crippen molar-refractivity contribution in [2.75, 3.05) is 26.8 Å². The molecule has 0 radical (unpaired) electrons. The SMILES string of the molecule is COCCCCNCC(C)O. The van der Waals surface area contributed by atoms with Crippen LogP contribution in [0.1, 0.15) is 19.8 Å². The van der Waals surface area contributed by atoms with Gasteiger partial charge in [-0.3, -0.25) is 0 Å². The van der Waals surface area contributed by atoms with Crippen molar-refractivity contribution >= 4 is 0 Å². The average Bonchev–Trinajstić information content (AvgIpc) is 1.96. The highest BCUT2D eigenvalue weighted by Gasteiger charge is 1.92. The zero-order valence-electron chi connectivity index (χ0n) is 7.47. The average molecular weight is 161 g/mol. The van der Waals surface area contributed by atoms with E-state index >= 15 is 0 Å². The minimum absolute atomic E-state index is 0.238. The first-order chi connectivity index (χ1) is 5.27.